The summed E-state index contributed by atoms with van der Waals surface area (Å²) in [4.78, 5) is 15.5. The molecule has 0 unspecified atom stereocenters. The first-order valence-electron chi connectivity index (χ1n) is 6.78. The highest BCUT2D eigenvalue weighted by atomic mass is 32.2. The number of rotatable bonds is 2. The van der Waals surface area contributed by atoms with Gasteiger partial charge in [-0.25, -0.2) is 13.4 Å². The molecule has 1 saturated carbocycles. The number of hydrogen-bond donors (Lipinski definition) is 0. The molecule has 5 nitrogen and oxygen atoms in total. The van der Waals surface area contributed by atoms with Gasteiger partial charge in [0.25, 0.3) is 10.0 Å². The van der Waals surface area contributed by atoms with E-state index >= 15 is 0 Å². The minimum absolute atomic E-state index is 0.0945. The Morgan fingerprint density at radius 1 is 1.30 bits per heavy atom. The molecule has 6 heteroatoms. The predicted molar refractivity (Wildman–Crippen MR) is 73.8 cm³/mol. The van der Waals surface area contributed by atoms with Crippen molar-refractivity contribution < 1.29 is 13.2 Å². The van der Waals surface area contributed by atoms with Crippen LogP contribution in [0.4, 0.5) is 0 Å². The van der Waals surface area contributed by atoms with Gasteiger partial charge in [-0.2, -0.15) is 4.31 Å². The molecule has 2 heterocycles. The third-order valence-corrected chi connectivity index (χ3v) is 6.14. The van der Waals surface area contributed by atoms with E-state index in [1.54, 1.807) is 13.1 Å². The molecular weight excluding hydrogens is 276 g/mol. The maximum Gasteiger partial charge on any atom is 0.260 e. The van der Waals surface area contributed by atoms with Crippen LogP contribution < -0.4 is 0 Å². The molecule has 1 saturated heterocycles. The van der Waals surface area contributed by atoms with Crippen LogP contribution in [0.15, 0.2) is 17.3 Å². The molecule has 0 bridgehead atoms. The Morgan fingerprint density at radius 3 is 2.55 bits per heavy atom. The Hall–Kier alpha value is -1.27. The van der Waals surface area contributed by atoms with E-state index in [0.717, 1.165) is 12.0 Å². The lowest BCUT2D eigenvalue weighted by Crippen LogP contribution is -2.57. The van der Waals surface area contributed by atoms with Crippen molar-refractivity contribution in [3.05, 3.63) is 23.4 Å². The number of carbonyl (C=O) groups excluding carboxylic acids is 1. The van der Waals surface area contributed by atoms with Crippen LogP contribution in [0, 0.1) is 19.3 Å². The predicted octanol–water partition coefficient (Wildman–Crippen LogP) is 1.44. The molecule has 0 N–H and O–H groups in total. The van der Waals surface area contributed by atoms with Gasteiger partial charge in [0.1, 0.15) is 5.78 Å². The molecule has 2 aliphatic rings. The van der Waals surface area contributed by atoms with Crippen LogP contribution in [0.5, 0.6) is 0 Å². The summed E-state index contributed by atoms with van der Waals surface area (Å²) in [6.07, 6.45) is 3.52. The minimum Gasteiger partial charge on any atom is -0.300 e. The van der Waals surface area contributed by atoms with Gasteiger partial charge >= 0.3 is 0 Å². The van der Waals surface area contributed by atoms with Crippen molar-refractivity contribution in [3.8, 4) is 0 Å². The van der Waals surface area contributed by atoms with Crippen LogP contribution in [0.1, 0.15) is 30.4 Å². The van der Waals surface area contributed by atoms with E-state index in [1.807, 2.05) is 13.0 Å². The lowest BCUT2D eigenvalue weighted by Gasteiger charge is -2.46. The van der Waals surface area contributed by atoms with Gasteiger partial charge in [0.15, 0.2) is 5.03 Å². The Bertz CT molecular complexity index is 676. The second-order valence-electron chi connectivity index (χ2n) is 6.12. The summed E-state index contributed by atoms with van der Waals surface area (Å²) in [6.45, 7) is 4.56. The standard InChI is InChI=1S/C14H18N2O3S/c1-10-5-11(2)13(15-7-10)20(18,19)16-8-14(9-16)4-3-12(17)6-14/h5,7H,3-4,6,8-9H2,1-2H3. The number of hydrogen-bond acceptors (Lipinski definition) is 4. The first-order chi connectivity index (χ1) is 9.32. The largest absolute Gasteiger partial charge is 0.300 e. The fourth-order valence-corrected chi connectivity index (χ4v) is 5.02. The zero-order chi connectivity index (χ0) is 14.5. The molecule has 0 radical (unpaired) electrons. The number of carbonyl (C=O) groups is 1. The average Bonchev–Trinajstić information content (AvgIpc) is 2.69. The number of Topliss-reactive ketones (excluding diaryl/α,β-unsaturated/α-hetero) is 1. The number of sulfonamides is 1. The molecule has 0 amide bonds. The van der Waals surface area contributed by atoms with Crippen molar-refractivity contribution in [3.63, 3.8) is 0 Å². The monoisotopic (exact) mass is 294 g/mol. The lowest BCUT2D eigenvalue weighted by atomic mass is 9.80. The molecular formula is C14H18N2O3S. The van der Waals surface area contributed by atoms with Gasteiger partial charge < -0.3 is 0 Å². The molecule has 1 aliphatic heterocycles. The zero-order valence-electron chi connectivity index (χ0n) is 11.7. The van der Waals surface area contributed by atoms with Crippen molar-refractivity contribution in [1.82, 2.24) is 9.29 Å². The highest BCUT2D eigenvalue weighted by Crippen LogP contribution is 2.45. The number of ketones is 1. The van der Waals surface area contributed by atoms with E-state index in [1.165, 1.54) is 4.31 Å². The quantitative estimate of drug-likeness (QED) is 0.828. The highest BCUT2D eigenvalue weighted by Gasteiger charge is 2.52. The second kappa shape index (κ2) is 4.36. The van der Waals surface area contributed by atoms with E-state index in [4.69, 9.17) is 0 Å². The molecule has 1 aromatic heterocycles. The number of aromatic nitrogens is 1. The highest BCUT2D eigenvalue weighted by molar-refractivity contribution is 7.89. The number of nitrogens with zero attached hydrogens (tertiary/aromatic N) is 2. The van der Waals surface area contributed by atoms with Crippen LogP contribution in [0.2, 0.25) is 0 Å². The van der Waals surface area contributed by atoms with Gasteiger partial charge in [0, 0.05) is 37.5 Å². The fraction of sp³-hybridized carbons (Fsp3) is 0.571. The SMILES string of the molecule is Cc1cnc(S(=O)(=O)N2CC3(CCC(=O)C3)C2)c(C)c1. The third-order valence-electron chi connectivity index (χ3n) is 4.28. The first kappa shape index (κ1) is 13.7. The Labute approximate surface area is 119 Å². The van der Waals surface area contributed by atoms with E-state index in [2.05, 4.69) is 4.98 Å². The minimum atomic E-state index is -3.52. The molecule has 0 atom stereocenters. The zero-order valence-corrected chi connectivity index (χ0v) is 12.5. The Morgan fingerprint density at radius 2 is 2.00 bits per heavy atom. The molecule has 2 fully saturated rings. The maximum absolute atomic E-state index is 12.5. The van der Waals surface area contributed by atoms with Gasteiger partial charge in [-0.3, -0.25) is 4.79 Å². The van der Waals surface area contributed by atoms with Gasteiger partial charge in [-0.05, 0) is 31.4 Å². The number of aryl methyl sites for hydroxylation is 2. The summed E-state index contributed by atoms with van der Waals surface area (Å²) in [6, 6.07) is 1.83. The summed E-state index contributed by atoms with van der Waals surface area (Å²) >= 11 is 0. The van der Waals surface area contributed by atoms with Crippen molar-refractivity contribution >= 4 is 15.8 Å². The van der Waals surface area contributed by atoms with Crippen LogP contribution in [-0.4, -0.2) is 36.6 Å². The molecule has 1 spiro atoms. The van der Waals surface area contributed by atoms with Crippen LogP contribution in [0.3, 0.4) is 0 Å². The van der Waals surface area contributed by atoms with Crippen molar-refractivity contribution in [2.45, 2.75) is 38.1 Å². The van der Waals surface area contributed by atoms with E-state index in [-0.39, 0.29) is 16.2 Å². The Balaban J connectivity index is 1.82. The summed E-state index contributed by atoms with van der Waals surface area (Å²) in [5.41, 5.74) is 1.53. The van der Waals surface area contributed by atoms with Crippen molar-refractivity contribution in [1.29, 1.82) is 0 Å². The molecule has 1 aromatic rings. The van der Waals surface area contributed by atoms with E-state index < -0.39 is 10.0 Å². The van der Waals surface area contributed by atoms with Gasteiger partial charge in [-0.15, -0.1) is 0 Å². The normalized spacial score (nSPS) is 22.2. The summed E-state index contributed by atoms with van der Waals surface area (Å²) in [7, 11) is -3.52. The summed E-state index contributed by atoms with van der Waals surface area (Å²) in [5.74, 6) is 0.256. The summed E-state index contributed by atoms with van der Waals surface area (Å²) < 4.78 is 26.5. The second-order valence-corrected chi connectivity index (χ2v) is 7.98. The lowest BCUT2D eigenvalue weighted by molar-refractivity contribution is -0.118. The topological polar surface area (TPSA) is 67.3 Å². The van der Waals surface area contributed by atoms with Crippen LogP contribution >= 0.6 is 0 Å². The van der Waals surface area contributed by atoms with Crippen LogP contribution in [0.25, 0.3) is 0 Å². The molecule has 108 valence electrons. The molecule has 3 rings (SSSR count). The van der Waals surface area contributed by atoms with Gasteiger partial charge in [-0.1, -0.05) is 6.07 Å². The Kier molecular flexibility index (Phi) is 2.99. The number of pyridine rings is 1. The maximum atomic E-state index is 12.5. The third kappa shape index (κ3) is 2.07. The van der Waals surface area contributed by atoms with Gasteiger partial charge in [0.2, 0.25) is 0 Å². The molecule has 0 aromatic carbocycles. The molecule has 20 heavy (non-hydrogen) atoms. The van der Waals surface area contributed by atoms with Crippen LogP contribution in [-0.2, 0) is 14.8 Å². The van der Waals surface area contributed by atoms with E-state index in [0.29, 0.717) is 31.5 Å². The molecule has 1 aliphatic carbocycles. The van der Waals surface area contributed by atoms with Crippen molar-refractivity contribution in [2.24, 2.45) is 5.41 Å². The first-order valence-corrected chi connectivity index (χ1v) is 8.22. The van der Waals surface area contributed by atoms with Gasteiger partial charge in [0.05, 0.1) is 0 Å². The fourth-order valence-electron chi connectivity index (χ4n) is 3.24. The smallest absolute Gasteiger partial charge is 0.260 e. The van der Waals surface area contributed by atoms with Crippen molar-refractivity contribution in [2.75, 3.05) is 13.1 Å². The average molecular weight is 294 g/mol. The van der Waals surface area contributed by atoms with E-state index in [9.17, 15) is 13.2 Å². The summed E-state index contributed by atoms with van der Waals surface area (Å²) in [5, 5.41) is 0.141.